The molecule has 120 valence electrons. The number of nitrogens with one attached hydrogen (secondary N) is 1. The van der Waals surface area contributed by atoms with Gasteiger partial charge in [0.05, 0.1) is 23.9 Å². The molecule has 1 aromatic heterocycles. The molecular weight excluding hydrogens is 320 g/mol. The van der Waals surface area contributed by atoms with E-state index in [1.54, 1.807) is 30.4 Å². The highest BCUT2D eigenvalue weighted by Gasteiger charge is 2.14. The smallest absolute Gasteiger partial charge is 0.338 e. The van der Waals surface area contributed by atoms with Gasteiger partial charge in [-0.25, -0.2) is 9.78 Å². The Balaban J connectivity index is 0.00000242. The van der Waals surface area contributed by atoms with Crippen molar-refractivity contribution in [2.75, 3.05) is 13.7 Å². The second-order valence-electron chi connectivity index (χ2n) is 4.77. The fraction of sp³-hybridized carbons (Fsp3) is 0.375. The van der Waals surface area contributed by atoms with Crippen molar-refractivity contribution in [3.63, 3.8) is 0 Å². The van der Waals surface area contributed by atoms with Gasteiger partial charge in [0, 0.05) is 10.4 Å². The van der Waals surface area contributed by atoms with Crippen LogP contribution in [0.15, 0.2) is 24.3 Å². The van der Waals surface area contributed by atoms with Crippen molar-refractivity contribution >= 4 is 29.7 Å². The summed E-state index contributed by atoms with van der Waals surface area (Å²) in [5.74, 6) is -0.288. The van der Waals surface area contributed by atoms with Crippen molar-refractivity contribution in [1.29, 1.82) is 0 Å². The van der Waals surface area contributed by atoms with Crippen molar-refractivity contribution in [3.05, 3.63) is 39.7 Å². The number of aryl methyl sites for hydroxylation is 1. The Hall–Kier alpha value is -1.43. The van der Waals surface area contributed by atoms with Gasteiger partial charge in [0.15, 0.2) is 0 Å². The van der Waals surface area contributed by atoms with Gasteiger partial charge in [0.1, 0.15) is 5.01 Å². The van der Waals surface area contributed by atoms with Gasteiger partial charge in [-0.2, -0.15) is 0 Å². The van der Waals surface area contributed by atoms with Crippen LogP contribution < -0.4 is 5.32 Å². The summed E-state index contributed by atoms with van der Waals surface area (Å²) in [5.41, 5.74) is 2.57. The van der Waals surface area contributed by atoms with E-state index in [1.807, 2.05) is 19.2 Å². The number of rotatable bonds is 5. The summed E-state index contributed by atoms with van der Waals surface area (Å²) in [5, 5.41) is 4.27. The molecule has 0 saturated carbocycles. The first-order valence-electron chi connectivity index (χ1n) is 6.99. The molecule has 1 atom stereocenters. The third-order valence-electron chi connectivity index (χ3n) is 3.29. The van der Waals surface area contributed by atoms with Gasteiger partial charge in [-0.15, -0.1) is 23.7 Å². The zero-order valence-electron chi connectivity index (χ0n) is 13.2. The number of thiazole rings is 1. The summed E-state index contributed by atoms with van der Waals surface area (Å²) in [6, 6.07) is 7.64. The summed E-state index contributed by atoms with van der Waals surface area (Å²) >= 11 is 1.70. The molecule has 22 heavy (non-hydrogen) atoms. The quantitative estimate of drug-likeness (QED) is 0.836. The lowest BCUT2D eigenvalue weighted by Crippen LogP contribution is -2.11. The minimum absolute atomic E-state index is 0. The molecule has 0 amide bonds. The molecular formula is C16H21ClN2O2S. The van der Waals surface area contributed by atoms with Crippen molar-refractivity contribution in [2.45, 2.75) is 26.8 Å². The lowest BCUT2D eigenvalue weighted by molar-refractivity contribution is 0.0526. The maximum Gasteiger partial charge on any atom is 0.338 e. The number of benzene rings is 1. The Labute approximate surface area is 141 Å². The van der Waals surface area contributed by atoms with Crippen LogP contribution in [-0.2, 0) is 4.74 Å². The number of hydrogen-bond donors (Lipinski definition) is 1. The van der Waals surface area contributed by atoms with E-state index in [2.05, 4.69) is 19.2 Å². The highest BCUT2D eigenvalue weighted by molar-refractivity contribution is 7.12. The second kappa shape index (κ2) is 8.27. The largest absolute Gasteiger partial charge is 0.462 e. The Morgan fingerprint density at radius 3 is 2.55 bits per heavy atom. The van der Waals surface area contributed by atoms with Crippen molar-refractivity contribution in [3.8, 4) is 11.3 Å². The van der Waals surface area contributed by atoms with Gasteiger partial charge in [-0.05, 0) is 40.0 Å². The molecule has 0 aliphatic heterocycles. The number of esters is 1. The molecule has 2 rings (SSSR count). The van der Waals surface area contributed by atoms with E-state index in [9.17, 15) is 4.79 Å². The molecule has 0 bridgehead atoms. The van der Waals surface area contributed by atoms with Crippen LogP contribution in [0.3, 0.4) is 0 Å². The highest BCUT2D eigenvalue weighted by Crippen LogP contribution is 2.30. The van der Waals surface area contributed by atoms with Gasteiger partial charge in [-0.1, -0.05) is 12.1 Å². The van der Waals surface area contributed by atoms with E-state index in [1.165, 1.54) is 4.88 Å². The van der Waals surface area contributed by atoms with Crippen LogP contribution in [0.2, 0.25) is 0 Å². The number of carbonyl (C=O) groups excluding carboxylic acids is 1. The molecule has 0 aliphatic carbocycles. The Kier molecular flexibility index (Phi) is 7.00. The highest BCUT2D eigenvalue weighted by atomic mass is 35.5. The Morgan fingerprint density at radius 1 is 1.36 bits per heavy atom. The molecule has 1 heterocycles. The molecule has 2 aromatic rings. The molecule has 0 aliphatic rings. The van der Waals surface area contributed by atoms with E-state index in [0.717, 1.165) is 16.3 Å². The monoisotopic (exact) mass is 340 g/mol. The van der Waals surface area contributed by atoms with Gasteiger partial charge in [0.25, 0.3) is 0 Å². The minimum atomic E-state index is -0.288. The molecule has 1 unspecified atom stereocenters. The maximum atomic E-state index is 11.6. The minimum Gasteiger partial charge on any atom is -0.462 e. The van der Waals surface area contributed by atoms with Crippen LogP contribution in [0.1, 0.15) is 40.1 Å². The lowest BCUT2D eigenvalue weighted by atomic mass is 10.1. The molecule has 6 heteroatoms. The molecule has 1 aromatic carbocycles. The zero-order chi connectivity index (χ0) is 15.4. The van der Waals surface area contributed by atoms with Gasteiger partial charge in [-0.3, -0.25) is 0 Å². The van der Waals surface area contributed by atoms with Gasteiger partial charge < -0.3 is 10.1 Å². The fourth-order valence-corrected chi connectivity index (χ4v) is 2.98. The van der Waals surface area contributed by atoms with Gasteiger partial charge >= 0.3 is 5.97 Å². The number of ether oxygens (including phenoxy) is 1. The maximum absolute atomic E-state index is 11.6. The average Bonchev–Trinajstić information content (AvgIpc) is 2.89. The third kappa shape index (κ3) is 4.06. The standard InChI is InChI=1S/C16H20N2O2S.ClH/c1-5-20-16(19)13-8-6-12(7-9-13)14-11(3)21-15(18-14)10(2)17-4;/h6-10,17H,5H2,1-4H3;1H. The molecule has 0 saturated heterocycles. The number of carbonyl (C=O) groups is 1. The third-order valence-corrected chi connectivity index (χ3v) is 4.44. The van der Waals surface area contributed by atoms with Crippen molar-refractivity contribution < 1.29 is 9.53 Å². The molecule has 0 radical (unpaired) electrons. The van der Waals surface area contributed by atoms with Crippen LogP contribution in [0.25, 0.3) is 11.3 Å². The summed E-state index contributed by atoms with van der Waals surface area (Å²) in [6.45, 7) is 6.34. The topological polar surface area (TPSA) is 51.2 Å². The first-order chi connectivity index (χ1) is 10.1. The first-order valence-corrected chi connectivity index (χ1v) is 7.80. The molecule has 0 spiro atoms. The van der Waals surface area contributed by atoms with E-state index in [-0.39, 0.29) is 24.4 Å². The number of halogens is 1. The van der Waals surface area contributed by atoms with E-state index < -0.39 is 0 Å². The van der Waals surface area contributed by atoms with Crippen LogP contribution in [0, 0.1) is 6.92 Å². The number of aromatic nitrogens is 1. The first kappa shape index (κ1) is 18.6. The molecule has 4 nitrogen and oxygen atoms in total. The lowest BCUT2D eigenvalue weighted by Gasteiger charge is -2.05. The van der Waals surface area contributed by atoms with E-state index in [4.69, 9.17) is 9.72 Å². The van der Waals surface area contributed by atoms with Crippen LogP contribution in [0.5, 0.6) is 0 Å². The summed E-state index contributed by atoms with van der Waals surface area (Å²) in [6.07, 6.45) is 0. The SMILES string of the molecule is CCOC(=O)c1ccc(-c2nc(C(C)NC)sc2C)cc1.Cl. The predicted molar refractivity (Wildman–Crippen MR) is 93.0 cm³/mol. The van der Waals surface area contributed by atoms with Crippen molar-refractivity contribution in [1.82, 2.24) is 10.3 Å². The number of hydrogen-bond acceptors (Lipinski definition) is 5. The van der Waals surface area contributed by atoms with Gasteiger partial charge in [0.2, 0.25) is 0 Å². The van der Waals surface area contributed by atoms with Crippen LogP contribution >= 0.6 is 23.7 Å². The fourth-order valence-electron chi connectivity index (χ4n) is 1.97. The van der Waals surface area contributed by atoms with Crippen molar-refractivity contribution in [2.24, 2.45) is 0 Å². The zero-order valence-corrected chi connectivity index (χ0v) is 14.8. The Morgan fingerprint density at radius 2 is 2.00 bits per heavy atom. The van der Waals surface area contributed by atoms with Crippen LogP contribution in [0.4, 0.5) is 0 Å². The number of nitrogens with zero attached hydrogens (tertiary/aromatic N) is 1. The average molecular weight is 341 g/mol. The summed E-state index contributed by atoms with van der Waals surface area (Å²) < 4.78 is 4.99. The van der Waals surface area contributed by atoms with E-state index >= 15 is 0 Å². The molecule has 0 fully saturated rings. The molecule has 1 N–H and O–H groups in total. The normalized spacial score (nSPS) is 11.6. The Bertz CT molecular complexity index is 626. The second-order valence-corrected chi connectivity index (χ2v) is 6.00. The predicted octanol–water partition coefficient (Wildman–Crippen LogP) is 4.00. The van der Waals surface area contributed by atoms with Crippen LogP contribution in [-0.4, -0.2) is 24.6 Å². The summed E-state index contributed by atoms with van der Waals surface area (Å²) in [7, 11) is 1.93. The summed E-state index contributed by atoms with van der Waals surface area (Å²) in [4.78, 5) is 17.5. The van der Waals surface area contributed by atoms with E-state index in [0.29, 0.717) is 12.2 Å².